The molecule has 0 radical (unpaired) electrons. The normalized spacial score (nSPS) is 13.2. The lowest BCUT2D eigenvalue weighted by molar-refractivity contribution is 0.127. The topological polar surface area (TPSA) is 94.4 Å². The summed E-state index contributed by atoms with van der Waals surface area (Å²) in [5.74, 6) is 0.617. The molecule has 0 amide bonds. The number of nitrogens with zero attached hydrogens (tertiary/aromatic N) is 2. The second kappa shape index (κ2) is 4.90. The smallest absolute Gasteiger partial charge is 0.255 e. The van der Waals surface area contributed by atoms with Gasteiger partial charge in [0.15, 0.2) is 5.82 Å². The van der Waals surface area contributed by atoms with Gasteiger partial charge in [-0.3, -0.25) is 0 Å². The van der Waals surface area contributed by atoms with Gasteiger partial charge in [0, 0.05) is 7.11 Å². The summed E-state index contributed by atoms with van der Waals surface area (Å²) < 4.78 is 9.57. The fourth-order valence-corrected chi connectivity index (χ4v) is 0.872. The standard InChI is InChI=1S/C7H13N3O3/c1-12-4-6-9-7(13-10-6)5(11)2-3-8/h5,11H,2-4,8H2,1H3/t5-/m0/s1. The molecular weight excluding hydrogens is 174 g/mol. The molecule has 6 nitrogen and oxygen atoms in total. The highest BCUT2D eigenvalue weighted by molar-refractivity contribution is 4.88. The number of rotatable bonds is 5. The second-order valence-corrected chi connectivity index (χ2v) is 2.58. The van der Waals surface area contributed by atoms with E-state index in [1.165, 1.54) is 7.11 Å². The highest BCUT2D eigenvalue weighted by atomic mass is 16.5. The maximum Gasteiger partial charge on any atom is 0.255 e. The maximum atomic E-state index is 9.39. The van der Waals surface area contributed by atoms with Crippen molar-refractivity contribution in [1.29, 1.82) is 0 Å². The predicted octanol–water partition coefficient (Wildman–Crippen LogP) is -0.402. The van der Waals surface area contributed by atoms with Gasteiger partial charge in [0.25, 0.3) is 5.89 Å². The van der Waals surface area contributed by atoms with E-state index in [1.54, 1.807) is 0 Å². The van der Waals surface area contributed by atoms with Crippen LogP contribution in [0.2, 0.25) is 0 Å². The van der Waals surface area contributed by atoms with Gasteiger partial charge in [0.1, 0.15) is 12.7 Å². The van der Waals surface area contributed by atoms with Crippen molar-refractivity contribution in [2.45, 2.75) is 19.1 Å². The number of hydrogen-bond donors (Lipinski definition) is 2. The first-order valence-corrected chi connectivity index (χ1v) is 3.97. The Hall–Kier alpha value is -0.980. The molecule has 0 aliphatic carbocycles. The van der Waals surface area contributed by atoms with E-state index < -0.39 is 6.10 Å². The lowest BCUT2D eigenvalue weighted by Gasteiger charge is -2.00. The molecule has 1 aromatic heterocycles. The molecule has 0 unspecified atom stereocenters. The third-order valence-electron chi connectivity index (χ3n) is 1.48. The lowest BCUT2D eigenvalue weighted by Crippen LogP contribution is -2.07. The monoisotopic (exact) mass is 187 g/mol. The van der Waals surface area contributed by atoms with Crippen molar-refractivity contribution >= 4 is 0 Å². The van der Waals surface area contributed by atoms with Gasteiger partial charge in [0.05, 0.1) is 0 Å². The van der Waals surface area contributed by atoms with E-state index in [-0.39, 0.29) is 12.5 Å². The molecule has 0 bridgehead atoms. The van der Waals surface area contributed by atoms with Gasteiger partial charge in [-0.05, 0) is 13.0 Å². The quantitative estimate of drug-likeness (QED) is 0.651. The number of methoxy groups -OCH3 is 1. The van der Waals surface area contributed by atoms with E-state index in [2.05, 4.69) is 10.1 Å². The van der Waals surface area contributed by atoms with Crippen LogP contribution < -0.4 is 5.73 Å². The minimum absolute atomic E-state index is 0.192. The van der Waals surface area contributed by atoms with Crippen molar-refractivity contribution < 1.29 is 14.4 Å². The Kier molecular flexibility index (Phi) is 3.81. The minimum atomic E-state index is -0.775. The van der Waals surface area contributed by atoms with E-state index in [0.717, 1.165) is 0 Å². The summed E-state index contributed by atoms with van der Waals surface area (Å²) in [5.41, 5.74) is 5.26. The molecule has 6 heteroatoms. The summed E-state index contributed by atoms with van der Waals surface area (Å²) in [7, 11) is 1.53. The van der Waals surface area contributed by atoms with E-state index in [1.807, 2.05) is 0 Å². The summed E-state index contributed by atoms with van der Waals surface area (Å²) in [6, 6.07) is 0. The van der Waals surface area contributed by atoms with Crippen molar-refractivity contribution in [1.82, 2.24) is 10.1 Å². The lowest BCUT2D eigenvalue weighted by atomic mass is 10.2. The fraction of sp³-hybridized carbons (Fsp3) is 0.714. The molecule has 0 saturated carbocycles. The first kappa shape index (κ1) is 10.1. The van der Waals surface area contributed by atoms with E-state index in [0.29, 0.717) is 18.8 Å². The van der Waals surface area contributed by atoms with Crippen LogP contribution in [0, 0.1) is 0 Å². The molecule has 1 aromatic rings. The third-order valence-corrected chi connectivity index (χ3v) is 1.48. The van der Waals surface area contributed by atoms with Gasteiger partial charge in [-0.2, -0.15) is 4.98 Å². The van der Waals surface area contributed by atoms with Gasteiger partial charge >= 0.3 is 0 Å². The summed E-state index contributed by atoms with van der Waals surface area (Å²) in [6.07, 6.45) is -0.364. The Balaban J connectivity index is 2.56. The Morgan fingerprint density at radius 3 is 3.08 bits per heavy atom. The molecule has 0 aliphatic rings. The zero-order valence-corrected chi connectivity index (χ0v) is 7.43. The highest BCUT2D eigenvalue weighted by Crippen LogP contribution is 2.13. The Labute approximate surface area is 75.7 Å². The molecule has 3 N–H and O–H groups in total. The molecule has 1 atom stereocenters. The molecular formula is C7H13N3O3. The maximum absolute atomic E-state index is 9.39. The predicted molar refractivity (Wildman–Crippen MR) is 43.6 cm³/mol. The molecule has 0 fully saturated rings. The van der Waals surface area contributed by atoms with Gasteiger partial charge < -0.3 is 20.1 Å². The van der Waals surface area contributed by atoms with Gasteiger partial charge in [-0.25, -0.2) is 0 Å². The molecule has 1 heterocycles. The van der Waals surface area contributed by atoms with Gasteiger partial charge in [-0.1, -0.05) is 5.16 Å². The van der Waals surface area contributed by atoms with Crippen molar-refractivity contribution in [3.8, 4) is 0 Å². The van der Waals surface area contributed by atoms with Crippen LogP contribution in [0.5, 0.6) is 0 Å². The van der Waals surface area contributed by atoms with Crippen LogP contribution in [-0.4, -0.2) is 28.9 Å². The summed E-state index contributed by atoms with van der Waals surface area (Å²) in [4.78, 5) is 3.91. The van der Waals surface area contributed by atoms with Crippen LogP contribution in [0.3, 0.4) is 0 Å². The average molecular weight is 187 g/mol. The van der Waals surface area contributed by atoms with E-state index in [9.17, 15) is 5.11 Å². The molecule has 0 aromatic carbocycles. The molecule has 13 heavy (non-hydrogen) atoms. The van der Waals surface area contributed by atoms with E-state index >= 15 is 0 Å². The van der Waals surface area contributed by atoms with Crippen LogP contribution in [-0.2, 0) is 11.3 Å². The SMILES string of the molecule is COCc1noc([C@@H](O)CCN)n1. The number of aliphatic hydroxyl groups is 1. The molecule has 1 rings (SSSR count). The van der Waals surface area contributed by atoms with Crippen molar-refractivity contribution in [2.75, 3.05) is 13.7 Å². The zero-order valence-electron chi connectivity index (χ0n) is 7.43. The van der Waals surface area contributed by atoms with Crippen molar-refractivity contribution in [3.05, 3.63) is 11.7 Å². The molecule has 74 valence electrons. The molecule has 0 aliphatic heterocycles. The van der Waals surface area contributed by atoms with Crippen molar-refractivity contribution in [3.63, 3.8) is 0 Å². The Morgan fingerprint density at radius 2 is 2.46 bits per heavy atom. The average Bonchev–Trinajstić information content (AvgIpc) is 2.54. The van der Waals surface area contributed by atoms with Crippen LogP contribution in [0.1, 0.15) is 24.2 Å². The summed E-state index contributed by atoms with van der Waals surface area (Å²) in [5, 5.41) is 13.0. The number of hydrogen-bond acceptors (Lipinski definition) is 6. The second-order valence-electron chi connectivity index (χ2n) is 2.58. The van der Waals surface area contributed by atoms with Crippen LogP contribution in [0.15, 0.2) is 4.52 Å². The van der Waals surface area contributed by atoms with Crippen molar-refractivity contribution in [2.24, 2.45) is 5.73 Å². The van der Waals surface area contributed by atoms with Gasteiger partial charge in [0.2, 0.25) is 0 Å². The summed E-state index contributed by atoms with van der Waals surface area (Å²) in [6.45, 7) is 0.655. The summed E-state index contributed by atoms with van der Waals surface area (Å²) >= 11 is 0. The number of nitrogens with two attached hydrogens (primary N) is 1. The largest absolute Gasteiger partial charge is 0.383 e. The van der Waals surface area contributed by atoms with Gasteiger partial charge in [-0.15, -0.1) is 0 Å². The van der Waals surface area contributed by atoms with Crippen LogP contribution in [0.25, 0.3) is 0 Å². The third kappa shape index (κ3) is 2.76. The first-order valence-electron chi connectivity index (χ1n) is 3.97. The van der Waals surface area contributed by atoms with E-state index in [4.69, 9.17) is 15.0 Å². The zero-order chi connectivity index (χ0) is 9.68. The number of ether oxygens (including phenoxy) is 1. The fourth-order valence-electron chi connectivity index (χ4n) is 0.872. The minimum Gasteiger partial charge on any atom is -0.383 e. The van der Waals surface area contributed by atoms with Crippen LogP contribution >= 0.6 is 0 Å². The molecule has 0 spiro atoms. The van der Waals surface area contributed by atoms with Crippen LogP contribution in [0.4, 0.5) is 0 Å². The first-order chi connectivity index (χ1) is 6.27. The molecule has 0 saturated heterocycles. The number of aromatic nitrogens is 2. The highest BCUT2D eigenvalue weighted by Gasteiger charge is 2.14. The number of aliphatic hydroxyl groups excluding tert-OH is 1. The Morgan fingerprint density at radius 1 is 1.69 bits per heavy atom. The Bertz CT molecular complexity index is 251.